The van der Waals surface area contributed by atoms with E-state index in [2.05, 4.69) is 34.9 Å². The fourth-order valence-corrected chi connectivity index (χ4v) is 3.91. The number of ketones is 1. The first-order valence-electron chi connectivity index (χ1n) is 7.33. The van der Waals surface area contributed by atoms with Gasteiger partial charge in [0.2, 0.25) is 0 Å². The second-order valence-electron chi connectivity index (χ2n) is 5.19. The summed E-state index contributed by atoms with van der Waals surface area (Å²) in [7, 11) is 0. The molecule has 0 aliphatic carbocycles. The molecule has 21 heavy (non-hydrogen) atoms. The van der Waals surface area contributed by atoms with E-state index in [9.17, 15) is 4.79 Å². The minimum Gasteiger partial charge on any atom is -0.378 e. The highest BCUT2D eigenvalue weighted by atomic mass is 32.2. The molecule has 2 heterocycles. The molecule has 0 unspecified atom stereocenters. The molecule has 0 spiro atoms. The molecule has 0 amide bonds. The van der Waals surface area contributed by atoms with Crippen LogP contribution in [0.4, 0.5) is 11.4 Å². The summed E-state index contributed by atoms with van der Waals surface area (Å²) in [5.74, 6) is 0.0946. The Morgan fingerprint density at radius 2 is 2.14 bits per heavy atom. The van der Waals surface area contributed by atoms with Crippen LogP contribution in [-0.4, -0.2) is 38.6 Å². The van der Waals surface area contributed by atoms with Crippen LogP contribution in [0, 0.1) is 0 Å². The van der Waals surface area contributed by atoms with Crippen molar-refractivity contribution in [2.24, 2.45) is 0 Å². The number of ether oxygens (including phenoxy) is 1. The van der Waals surface area contributed by atoms with E-state index in [1.165, 1.54) is 16.3 Å². The van der Waals surface area contributed by atoms with E-state index in [0.29, 0.717) is 0 Å². The van der Waals surface area contributed by atoms with Crippen molar-refractivity contribution in [1.29, 1.82) is 0 Å². The zero-order valence-corrected chi connectivity index (χ0v) is 13.3. The van der Waals surface area contributed by atoms with E-state index in [1.807, 2.05) is 0 Å². The number of allylic oxidation sites excluding steroid dienone is 1. The molecule has 3 rings (SSSR count). The van der Waals surface area contributed by atoms with Gasteiger partial charge in [0.15, 0.2) is 5.78 Å². The van der Waals surface area contributed by atoms with Gasteiger partial charge in [-0.05, 0) is 32.0 Å². The van der Waals surface area contributed by atoms with Gasteiger partial charge in [-0.2, -0.15) is 0 Å². The molecule has 0 atom stereocenters. The highest BCUT2D eigenvalue weighted by Crippen LogP contribution is 2.47. The second kappa shape index (κ2) is 6.12. The van der Waals surface area contributed by atoms with Crippen LogP contribution in [0.15, 0.2) is 34.2 Å². The van der Waals surface area contributed by atoms with Crippen molar-refractivity contribution >= 4 is 28.9 Å². The van der Waals surface area contributed by atoms with Gasteiger partial charge in [0.05, 0.1) is 23.9 Å². The van der Waals surface area contributed by atoms with Crippen molar-refractivity contribution in [2.75, 3.05) is 42.6 Å². The Morgan fingerprint density at radius 3 is 2.81 bits per heavy atom. The predicted molar refractivity (Wildman–Crippen MR) is 87.1 cm³/mol. The molecule has 0 bridgehead atoms. The first-order chi connectivity index (χ1) is 10.2. The van der Waals surface area contributed by atoms with Crippen LogP contribution in [0.3, 0.4) is 0 Å². The van der Waals surface area contributed by atoms with Crippen molar-refractivity contribution in [3.8, 4) is 0 Å². The Labute approximate surface area is 129 Å². The van der Waals surface area contributed by atoms with Crippen LogP contribution in [0.1, 0.15) is 13.8 Å². The number of thioether (sulfide) groups is 1. The number of benzene rings is 1. The summed E-state index contributed by atoms with van der Waals surface area (Å²) in [5, 5.41) is 1.03. The second-order valence-corrected chi connectivity index (χ2v) is 6.25. The summed E-state index contributed by atoms with van der Waals surface area (Å²) >= 11 is 1.68. The minimum atomic E-state index is 0.0946. The third kappa shape index (κ3) is 2.94. The molecule has 1 aromatic rings. The lowest BCUT2D eigenvalue weighted by Crippen LogP contribution is -2.36. The van der Waals surface area contributed by atoms with Crippen LogP contribution in [0.2, 0.25) is 0 Å². The lowest BCUT2D eigenvalue weighted by molar-refractivity contribution is -0.112. The van der Waals surface area contributed by atoms with Crippen molar-refractivity contribution in [3.63, 3.8) is 0 Å². The number of fused-ring (bicyclic) bond motifs is 1. The molecule has 1 saturated heterocycles. The molecule has 0 saturated carbocycles. The molecule has 112 valence electrons. The largest absolute Gasteiger partial charge is 0.378 e. The molecule has 4 nitrogen and oxygen atoms in total. The normalized spacial score (nSPS) is 20.0. The van der Waals surface area contributed by atoms with Crippen LogP contribution >= 0.6 is 11.8 Å². The number of morpholine rings is 1. The Morgan fingerprint density at radius 1 is 1.38 bits per heavy atom. The maximum atomic E-state index is 11.4. The summed E-state index contributed by atoms with van der Waals surface area (Å²) < 4.78 is 5.41. The van der Waals surface area contributed by atoms with Gasteiger partial charge in [-0.3, -0.25) is 4.79 Å². The highest BCUT2D eigenvalue weighted by Gasteiger charge is 2.25. The third-order valence-corrected chi connectivity index (χ3v) is 4.85. The fourth-order valence-electron chi connectivity index (χ4n) is 2.72. The van der Waals surface area contributed by atoms with Crippen LogP contribution in [0.5, 0.6) is 0 Å². The SMILES string of the molecule is CCN1/C(=C/C(C)=O)Sc2ccc(N3CCOCC3)cc21. The average Bonchev–Trinajstić information content (AvgIpc) is 2.83. The van der Waals surface area contributed by atoms with E-state index < -0.39 is 0 Å². The van der Waals surface area contributed by atoms with E-state index in [1.54, 1.807) is 24.8 Å². The van der Waals surface area contributed by atoms with Gasteiger partial charge in [-0.25, -0.2) is 0 Å². The molecular formula is C16H20N2O2S. The molecule has 0 N–H and O–H groups in total. The predicted octanol–water partition coefficient (Wildman–Crippen LogP) is 2.89. The first-order valence-corrected chi connectivity index (χ1v) is 8.15. The lowest BCUT2D eigenvalue weighted by atomic mass is 10.2. The van der Waals surface area contributed by atoms with Crippen molar-refractivity contribution < 1.29 is 9.53 Å². The molecule has 2 aliphatic rings. The Kier molecular flexibility index (Phi) is 4.22. The minimum absolute atomic E-state index is 0.0946. The Bertz CT molecular complexity index is 580. The van der Waals surface area contributed by atoms with Gasteiger partial charge < -0.3 is 14.5 Å². The van der Waals surface area contributed by atoms with Crippen LogP contribution in [-0.2, 0) is 9.53 Å². The zero-order valence-electron chi connectivity index (χ0n) is 12.5. The van der Waals surface area contributed by atoms with Crippen molar-refractivity contribution in [3.05, 3.63) is 29.3 Å². The van der Waals surface area contributed by atoms with Crippen molar-refractivity contribution in [2.45, 2.75) is 18.7 Å². The molecule has 0 radical (unpaired) electrons. The summed E-state index contributed by atoms with van der Waals surface area (Å²) in [6.07, 6.45) is 1.72. The fraction of sp³-hybridized carbons (Fsp3) is 0.438. The summed E-state index contributed by atoms with van der Waals surface area (Å²) in [5.41, 5.74) is 2.44. The van der Waals surface area contributed by atoms with E-state index in [0.717, 1.165) is 37.9 Å². The van der Waals surface area contributed by atoms with Gasteiger partial charge in [-0.15, -0.1) is 0 Å². The molecular weight excluding hydrogens is 284 g/mol. The van der Waals surface area contributed by atoms with Gasteiger partial charge in [0.1, 0.15) is 0 Å². The topological polar surface area (TPSA) is 32.8 Å². The third-order valence-electron chi connectivity index (χ3n) is 3.73. The summed E-state index contributed by atoms with van der Waals surface area (Å²) in [4.78, 5) is 17.2. The Balaban J connectivity index is 1.91. The Hall–Kier alpha value is -1.46. The number of carbonyl (C=O) groups is 1. The molecule has 1 aromatic carbocycles. The summed E-state index contributed by atoms with van der Waals surface area (Å²) in [6.45, 7) is 8.04. The van der Waals surface area contributed by atoms with Gasteiger partial charge in [-0.1, -0.05) is 11.8 Å². The van der Waals surface area contributed by atoms with E-state index in [-0.39, 0.29) is 5.78 Å². The number of rotatable bonds is 3. The maximum absolute atomic E-state index is 11.4. The molecule has 2 aliphatic heterocycles. The van der Waals surface area contributed by atoms with Crippen LogP contribution in [0.25, 0.3) is 0 Å². The maximum Gasteiger partial charge on any atom is 0.155 e. The molecule has 5 heteroatoms. The standard InChI is InChI=1S/C16H20N2O2S/c1-3-18-14-11-13(17-6-8-20-9-7-17)4-5-15(14)21-16(18)10-12(2)19/h4-5,10-11H,3,6-9H2,1-2H3/b16-10-. The molecule has 1 fully saturated rings. The number of carbonyl (C=O) groups excluding carboxylic acids is 1. The van der Waals surface area contributed by atoms with E-state index in [4.69, 9.17) is 4.74 Å². The van der Waals surface area contributed by atoms with Gasteiger partial charge >= 0.3 is 0 Å². The summed E-state index contributed by atoms with van der Waals surface area (Å²) in [6, 6.07) is 6.56. The lowest BCUT2D eigenvalue weighted by Gasteiger charge is -2.29. The molecule has 0 aromatic heterocycles. The van der Waals surface area contributed by atoms with Gasteiger partial charge in [0, 0.05) is 36.3 Å². The monoisotopic (exact) mass is 304 g/mol. The van der Waals surface area contributed by atoms with Gasteiger partial charge in [0.25, 0.3) is 0 Å². The number of nitrogens with zero attached hydrogens (tertiary/aromatic N) is 2. The van der Waals surface area contributed by atoms with E-state index >= 15 is 0 Å². The quantitative estimate of drug-likeness (QED) is 0.802. The van der Waals surface area contributed by atoms with Crippen molar-refractivity contribution in [1.82, 2.24) is 0 Å². The first kappa shape index (κ1) is 14.5. The van der Waals surface area contributed by atoms with Crippen LogP contribution < -0.4 is 9.80 Å². The zero-order chi connectivity index (χ0) is 14.8. The number of hydrogen-bond acceptors (Lipinski definition) is 5. The number of hydrogen-bond donors (Lipinski definition) is 0. The smallest absolute Gasteiger partial charge is 0.155 e. The average molecular weight is 304 g/mol. The highest BCUT2D eigenvalue weighted by molar-refractivity contribution is 8.03. The number of anilines is 2.